The van der Waals surface area contributed by atoms with Crippen LogP contribution in [0.4, 0.5) is 9.93 Å². The summed E-state index contributed by atoms with van der Waals surface area (Å²) in [6.07, 6.45) is 4.03. The molecule has 3 heterocycles. The highest BCUT2D eigenvalue weighted by Gasteiger charge is 2.62. The number of anilines is 1. The number of nitrogens with zero attached hydrogens (tertiary/aromatic N) is 3. The number of benzene rings is 1. The highest BCUT2D eigenvalue weighted by atomic mass is 32.1. The Balaban J connectivity index is 1.35. The SMILES string of the molecule is C=CCOC(=O)[C@@]1(NC(=O)[C@@H]2C[C@@H](Oc3cc(-c4csc(NC(C)C)n4)nc4cc(OCP(=O)(O)O)ccc34)CN2C(=O)C(NC(=O)OC2CCCC2)C(C)(C)C)C[C@H]1C=C. The van der Waals surface area contributed by atoms with Crippen molar-refractivity contribution in [2.45, 2.75) is 109 Å². The Morgan fingerprint density at radius 2 is 1.82 bits per heavy atom. The number of likely N-dealkylation sites (tertiary alicyclic amines) is 1. The number of hydrogen-bond acceptors (Lipinski definition) is 13. The number of rotatable bonds is 17. The number of nitrogens with one attached hydrogen (secondary N) is 3. The van der Waals surface area contributed by atoms with Crippen molar-refractivity contribution in [1.82, 2.24) is 25.5 Å². The minimum atomic E-state index is -4.49. The lowest BCUT2D eigenvalue weighted by Crippen LogP contribution is -2.59. The van der Waals surface area contributed by atoms with Crippen LogP contribution >= 0.6 is 18.9 Å². The zero-order valence-electron chi connectivity index (χ0n) is 35.0. The molecule has 61 heavy (non-hydrogen) atoms. The van der Waals surface area contributed by atoms with E-state index in [0.29, 0.717) is 33.2 Å². The molecule has 1 saturated heterocycles. The Morgan fingerprint density at radius 3 is 2.46 bits per heavy atom. The van der Waals surface area contributed by atoms with E-state index in [0.717, 1.165) is 25.7 Å². The summed E-state index contributed by atoms with van der Waals surface area (Å²) >= 11 is 1.39. The van der Waals surface area contributed by atoms with Crippen LogP contribution in [0.2, 0.25) is 0 Å². The second-order valence-electron chi connectivity index (χ2n) is 17.1. The van der Waals surface area contributed by atoms with E-state index in [2.05, 4.69) is 29.1 Å². The van der Waals surface area contributed by atoms with Gasteiger partial charge in [-0.3, -0.25) is 14.2 Å². The first kappa shape index (κ1) is 45.5. The summed E-state index contributed by atoms with van der Waals surface area (Å²) in [6.45, 7) is 16.7. The number of aromatic nitrogens is 2. The largest absolute Gasteiger partial charge is 0.488 e. The van der Waals surface area contributed by atoms with Gasteiger partial charge in [0.1, 0.15) is 53.6 Å². The summed E-state index contributed by atoms with van der Waals surface area (Å²) in [4.78, 5) is 85.5. The molecule has 6 rings (SSSR count). The molecule has 0 radical (unpaired) electrons. The van der Waals surface area contributed by atoms with E-state index in [4.69, 9.17) is 28.9 Å². The van der Waals surface area contributed by atoms with Gasteiger partial charge in [0, 0.05) is 41.3 Å². The summed E-state index contributed by atoms with van der Waals surface area (Å²) in [5.41, 5.74) is -0.887. The van der Waals surface area contributed by atoms with Gasteiger partial charge in [-0.25, -0.2) is 19.6 Å². The van der Waals surface area contributed by atoms with Crippen LogP contribution in [0.1, 0.15) is 73.1 Å². The number of hydrogen-bond donors (Lipinski definition) is 5. The Labute approximate surface area is 358 Å². The third kappa shape index (κ3) is 11.1. The van der Waals surface area contributed by atoms with E-state index in [1.165, 1.54) is 34.4 Å². The molecule has 2 aliphatic carbocycles. The number of alkyl carbamates (subject to hydrolysis) is 1. The number of thiazole rings is 1. The lowest BCUT2D eigenvalue weighted by Gasteiger charge is -2.35. The van der Waals surface area contributed by atoms with Crippen LogP contribution in [0.25, 0.3) is 22.3 Å². The molecule has 0 bridgehead atoms. The number of esters is 1. The maximum absolute atomic E-state index is 14.8. The molecule has 3 fully saturated rings. The third-order valence-corrected chi connectivity index (χ3v) is 12.0. The van der Waals surface area contributed by atoms with E-state index < -0.39 is 72.9 Å². The molecule has 3 aliphatic rings. The van der Waals surface area contributed by atoms with Crippen molar-refractivity contribution in [3.05, 3.63) is 55.0 Å². The van der Waals surface area contributed by atoms with Gasteiger partial charge in [-0.15, -0.1) is 17.9 Å². The molecular formula is C42H55N6O11PS. The van der Waals surface area contributed by atoms with Gasteiger partial charge in [-0.05, 0) is 63.5 Å². The van der Waals surface area contributed by atoms with E-state index in [9.17, 15) is 33.5 Å². The lowest BCUT2D eigenvalue weighted by atomic mass is 9.85. The first-order valence-electron chi connectivity index (χ1n) is 20.3. The molecule has 3 amide bonds. The second kappa shape index (κ2) is 18.5. The van der Waals surface area contributed by atoms with Crippen LogP contribution in [0, 0.1) is 11.3 Å². The molecular weight excluding hydrogens is 828 g/mol. The predicted molar refractivity (Wildman–Crippen MR) is 229 cm³/mol. The molecule has 5 N–H and O–H groups in total. The van der Waals surface area contributed by atoms with Crippen molar-refractivity contribution in [3.63, 3.8) is 0 Å². The van der Waals surface area contributed by atoms with Gasteiger partial charge >= 0.3 is 19.7 Å². The summed E-state index contributed by atoms with van der Waals surface area (Å²) in [6, 6.07) is 4.27. The van der Waals surface area contributed by atoms with Crippen LogP contribution in [-0.4, -0.2) is 104 Å². The number of ether oxygens (including phenoxy) is 4. The van der Waals surface area contributed by atoms with Gasteiger partial charge in [-0.2, -0.15) is 0 Å². The highest BCUT2D eigenvalue weighted by Crippen LogP contribution is 2.46. The van der Waals surface area contributed by atoms with E-state index in [-0.39, 0.29) is 43.9 Å². The average Bonchev–Trinajstić information content (AvgIpc) is 3.60. The lowest BCUT2D eigenvalue weighted by molar-refractivity contribution is -0.149. The van der Waals surface area contributed by atoms with Crippen molar-refractivity contribution in [1.29, 1.82) is 0 Å². The fraction of sp³-hybridized carbons (Fsp3) is 0.524. The molecule has 2 saturated carbocycles. The molecule has 330 valence electrons. The minimum absolute atomic E-state index is 0.000709. The van der Waals surface area contributed by atoms with Crippen LogP contribution in [0.3, 0.4) is 0 Å². The van der Waals surface area contributed by atoms with E-state index >= 15 is 0 Å². The van der Waals surface area contributed by atoms with Crippen molar-refractivity contribution in [3.8, 4) is 22.9 Å². The van der Waals surface area contributed by atoms with Crippen molar-refractivity contribution >= 4 is 58.8 Å². The fourth-order valence-corrected chi connectivity index (χ4v) is 8.77. The van der Waals surface area contributed by atoms with Gasteiger partial charge in [0.2, 0.25) is 11.8 Å². The number of pyridine rings is 1. The van der Waals surface area contributed by atoms with Crippen molar-refractivity contribution in [2.24, 2.45) is 11.3 Å². The maximum atomic E-state index is 14.8. The van der Waals surface area contributed by atoms with Gasteiger partial charge in [0.15, 0.2) is 11.5 Å². The molecule has 1 aromatic carbocycles. The topological polar surface area (TPSA) is 228 Å². The standard InChI is InChI=1S/C42H55N6O11PS/c1-8-16-56-38(51)42(20-25(42)9-2)47-36(49)33-18-28(21-48(33)37(50)35(41(5,6)7)46-40(52)59-26-12-10-11-13-26)58-34-19-31(32-22-61-39(45-32)43-24(3)4)44-30-17-27(14-15-29(30)34)57-23-60(53,54)55/h8-9,14-15,17,19,22,24-26,28,33,35H,1-2,10-13,16,18,20-21,23H2,3-7H3,(H,43,45)(H,46,52)(H,47,49)(H2,53,54,55)/t25-,28-,33+,35?,42-/m1/s1. The predicted octanol–water partition coefficient (Wildman–Crippen LogP) is 5.91. The van der Waals surface area contributed by atoms with E-state index in [1.54, 1.807) is 39.0 Å². The molecule has 17 nitrogen and oxygen atoms in total. The minimum Gasteiger partial charge on any atom is -0.488 e. The van der Waals surface area contributed by atoms with Gasteiger partial charge in [-0.1, -0.05) is 39.5 Å². The normalized spacial score (nSPS) is 22.0. The maximum Gasteiger partial charge on any atom is 0.408 e. The molecule has 0 spiro atoms. The number of fused-ring (bicyclic) bond motifs is 1. The molecule has 19 heteroatoms. The summed E-state index contributed by atoms with van der Waals surface area (Å²) < 4.78 is 34.8. The Morgan fingerprint density at radius 1 is 1.08 bits per heavy atom. The third-order valence-electron chi connectivity index (χ3n) is 10.8. The Bertz CT molecular complexity index is 2200. The highest BCUT2D eigenvalue weighted by molar-refractivity contribution is 7.51. The molecule has 5 atom stereocenters. The molecule has 3 aromatic rings. The Kier molecular flexibility index (Phi) is 13.8. The molecule has 2 aromatic heterocycles. The fourth-order valence-electron chi connectivity index (χ4n) is 7.60. The number of carbonyl (C=O) groups excluding carboxylic acids is 4. The van der Waals surface area contributed by atoms with Gasteiger partial charge < -0.3 is 49.6 Å². The second-order valence-corrected chi connectivity index (χ2v) is 19.5. The quantitative estimate of drug-likeness (QED) is 0.0603. The summed E-state index contributed by atoms with van der Waals surface area (Å²) in [5.74, 6) is -1.71. The van der Waals surface area contributed by atoms with Gasteiger partial charge in [0.05, 0.1) is 17.8 Å². The van der Waals surface area contributed by atoms with Crippen LogP contribution in [-0.2, 0) is 28.4 Å². The van der Waals surface area contributed by atoms with Gasteiger partial charge in [0.25, 0.3) is 0 Å². The van der Waals surface area contributed by atoms with Crippen molar-refractivity contribution < 1.29 is 52.5 Å². The van der Waals surface area contributed by atoms with Crippen LogP contribution in [0.15, 0.2) is 55.0 Å². The first-order valence-corrected chi connectivity index (χ1v) is 23.0. The number of amides is 3. The van der Waals surface area contributed by atoms with Crippen LogP contribution in [0.5, 0.6) is 11.5 Å². The Hall–Kier alpha value is -5.03. The molecule has 1 aliphatic heterocycles. The molecule has 1 unspecified atom stereocenters. The number of carbonyl (C=O) groups is 4. The monoisotopic (exact) mass is 882 g/mol. The van der Waals surface area contributed by atoms with E-state index in [1.807, 2.05) is 19.2 Å². The summed E-state index contributed by atoms with van der Waals surface area (Å²) in [7, 11) is -4.49. The average molecular weight is 883 g/mol. The first-order chi connectivity index (χ1) is 28.8. The van der Waals surface area contributed by atoms with Crippen molar-refractivity contribution in [2.75, 3.05) is 24.8 Å². The zero-order valence-corrected chi connectivity index (χ0v) is 36.8. The van der Waals surface area contributed by atoms with Crippen LogP contribution < -0.4 is 25.4 Å². The summed E-state index contributed by atoms with van der Waals surface area (Å²) in [5, 5.41) is 12.0. The zero-order chi connectivity index (χ0) is 44.3. The smallest absolute Gasteiger partial charge is 0.408 e.